The molecule has 3 aromatic rings. The number of fused-ring (bicyclic) bond motifs is 2. The Kier molecular flexibility index (Phi) is 3.96. The first-order valence-electron chi connectivity index (χ1n) is 8.16. The van der Waals surface area contributed by atoms with Crippen molar-refractivity contribution in [1.82, 2.24) is 4.98 Å². The molecule has 4 rings (SSSR count). The molecule has 0 saturated carbocycles. The number of anilines is 1. The number of para-hydroxylation sites is 1. The largest absolute Gasteiger partial charge is 0.261 e. The quantitative estimate of drug-likeness (QED) is 0.553. The molecule has 5 nitrogen and oxygen atoms in total. The third-order valence-corrected chi connectivity index (χ3v) is 6.19. The summed E-state index contributed by atoms with van der Waals surface area (Å²) in [5.74, 6) is 0.0179. The molecule has 1 N–H and O–H groups in total. The van der Waals surface area contributed by atoms with E-state index < -0.39 is 15.7 Å². The van der Waals surface area contributed by atoms with Gasteiger partial charge in [-0.2, -0.15) is 5.10 Å². The average Bonchev–Trinajstić information content (AvgIpc) is 2.61. The molecule has 0 aliphatic carbocycles. The molecule has 132 valence electrons. The first kappa shape index (κ1) is 16.7. The zero-order valence-electron chi connectivity index (χ0n) is 14.0. The maximum absolute atomic E-state index is 13.6. The Morgan fingerprint density at radius 3 is 2.81 bits per heavy atom. The molecule has 1 aliphatic heterocycles. The van der Waals surface area contributed by atoms with Gasteiger partial charge in [0.2, 0.25) is 0 Å². The first-order chi connectivity index (χ1) is 12.4. The molecular weight excluding hydrogens is 353 g/mol. The fourth-order valence-corrected chi connectivity index (χ4v) is 4.59. The van der Waals surface area contributed by atoms with Crippen molar-refractivity contribution < 1.29 is 12.8 Å². The Balaban J connectivity index is 1.73. The van der Waals surface area contributed by atoms with Gasteiger partial charge in [-0.3, -0.25) is 5.43 Å². The number of aryl methyl sites for hydroxylation is 1. The van der Waals surface area contributed by atoms with Crippen LogP contribution in [0, 0.1) is 12.7 Å². The number of hydrazone groups is 1. The minimum Gasteiger partial charge on any atom is -0.261 e. The number of aromatic nitrogens is 1. The zero-order chi connectivity index (χ0) is 18.3. The van der Waals surface area contributed by atoms with Crippen LogP contribution in [0.3, 0.4) is 0 Å². The monoisotopic (exact) mass is 369 g/mol. The van der Waals surface area contributed by atoms with Gasteiger partial charge in [-0.1, -0.05) is 18.2 Å². The third-order valence-electron chi connectivity index (χ3n) is 4.42. The van der Waals surface area contributed by atoms with Gasteiger partial charge in [-0.05, 0) is 42.8 Å². The van der Waals surface area contributed by atoms with Gasteiger partial charge in [0.1, 0.15) is 11.6 Å². The summed E-state index contributed by atoms with van der Waals surface area (Å²) in [4.78, 5) is 4.63. The van der Waals surface area contributed by atoms with E-state index in [1.807, 2.05) is 37.3 Å². The average molecular weight is 369 g/mol. The van der Waals surface area contributed by atoms with Gasteiger partial charge in [0.15, 0.2) is 9.84 Å². The summed E-state index contributed by atoms with van der Waals surface area (Å²) < 4.78 is 38.0. The topological polar surface area (TPSA) is 71.4 Å². The van der Waals surface area contributed by atoms with E-state index in [1.165, 1.54) is 12.1 Å². The molecule has 2 heterocycles. The van der Waals surface area contributed by atoms with Crippen molar-refractivity contribution >= 4 is 32.3 Å². The highest BCUT2D eigenvalue weighted by atomic mass is 32.2. The van der Waals surface area contributed by atoms with E-state index in [-0.39, 0.29) is 17.1 Å². The lowest BCUT2D eigenvalue weighted by Gasteiger charge is -2.18. The SMILES string of the molecule is Cc1cc(N/N=C2\CCS(=O)(=O)c3ccc(F)cc32)nc2ccccc12. The molecular formula is C19H16FN3O2S. The van der Waals surface area contributed by atoms with Crippen LogP contribution in [0.1, 0.15) is 17.5 Å². The number of sulfone groups is 1. The van der Waals surface area contributed by atoms with Gasteiger partial charge in [0, 0.05) is 17.4 Å². The summed E-state index contributed by atoms with van der Waals surface area (Å²) >= 11 is 0. The lowest BCUT2D eigenvalue weighted by Crippen LogP contribution is -2.23. The van der Waals surface area contributed by atoms with Crippen LogP contribution in [-0.2, 0) is 9.84 Å². The van der Waals surface area contributed by atoms with E-state index in [4.69, 9.17) is 0 Å². The molecule has 0 fully saturated rings. The predicted octanol–water partition coefficient (Wildman–Crippen LogP) is 3.68. The van der Waals surface area contributed by atoms with E-state index in [0.29, 0.717) is 17.1 Å². The van der Waals surface area contributed by atoms with E-state index in [0.717, 1.165) is 22.5 Å². The fraction of sp³-hybridized carbons (Fsp3) is 0.158. The minimum absolute atomic E-state index is 0.0453. The maximum atomic E-state index is 13.6. The van der Waals surface area contributed by atoms with Gasteiger partial charge in [-0.25, -0.2) is 17.8 Å². The van der Waals surface area contributed by atoms with Crippen LogP contribution in [0.2, 0.25) is 0 Å². The number of rotatable bonds is 2. The van der Waals surface area contributed by atoms with Gasteiger partial charge in [0.25, 0.3) is 0 Å². The Bertz CT molecular complexity index is 1160. The smallest absolute Gasteiger partial charge is 0.179 e. The van der Waals surface area contributed by atoms with Crippen molar-refractivity contribution in [3.8, 4) is 0 Å². The van der Waals surface area contributed by atoms with Crippen molar-refractivity contribution in [1.29, 1.82) is 0 Å². The number of hydrogen-bond acceptors (Lipinski definition) is 5. The Hall–Kier alpha value is -2.80. The van der Waals surface area contributed by atoms with Gasteiger partial charge >= 0.3 is 0 Å². The van der Waals surface area contributed by atoms with Crippen LogP contribution in [0.4, 0.5) is 10.2 Å². The van der Waals surface area contributed by atoms with Crippen LogP contribution in [-0.4, -0.2) is 24.9 Å². The van der Waals surface area contributed by atoms with Crippen molar-refractivity contribution in [3.05, 3.63) is 65.5 Å². The number of nitrogens with one attached hydrogen (secondary N) is 1. The van der Waals surface area contributed by atoms with E-state index in [2.05, 4.69) is 15.5 Å². The molecule has 7 heteroatoms. The second kappa shape index (κ2) is 6.17. The van der Waals surface area contributed by atoms with Crippen molar-refractivity contribution in [2.45, 2.75) is 18.2 Å². The molecule has 0 atom stereocenters. The number of hydrogen-bond donors (Lipinski definition) is 1. The van der Waals surface area contributed by atoms with Crippen LogP contribution in [0.5, 0.6) is 0 Å². The Morgan fingerprint density at radius 1 is 1.15 bits per heavy atom. The summed E-state index contributed by atoms with van der Waals surface area (Å²) in [5.41, 5.74) is 5.60. The zero-order valence-corrected chi connectivity index (χ0v) is 14.8. The molecule has 0 radical (unpaired) electrons. The number of halogens is 1. The molecule has 0 saturated heterocycles. The highest BCUT2D eigenvalue weighted by Crippen LogP contribution is 2.26. The molecule has 1 aliphatic rings. The van der Waals surface area contributed by atoms with Gasteiger partial charge in [0.05, 0.1) is 21.9 Å². The molecule has 0 unspecified atom stereocenters. The Morgan fingerprint density at radius 2 is 1.96 bits per heavy atom. The number of benzene rings is 2. The van der Waals surface area contributed by atoms with Crippen LogP contribution in [0.25, 0.3) is 10.9 Å². The van der Waals surface area contributed by atoms with Crippen LogP contribution >= 0.6 is 0 Å². The fourth-order valence-electron chi connectivity index (χ4n) is 3.12. The minimum atomic E-state index is -3.40. The summed E-state index contributed by atoms with van der Waals surface area (Å²) in [7, 11) is -3.40. The normalized spacial score (nSPS) is 17.2. The van der Waals surface area contributed by atoms with Crippen molar-refractivity contribution in [3.63, 3.8) is 0 Å². The van der Waals surface area contributed by atoms with E-state index in [1.54, 1.807) is 0 Å². The first-order valence-corrected chi connectivity index (χ1v) is 9.81. The molecule has 0 amide bonds. The van der Waals surface area contributed by atoms with Gasteiger partial charge in [-0.15, -0.1) is 0 Å². The van der Waals surface area contributed by atoms with Gasteiger partial charge < -0.3 is 0 Å². The van der Waals surface area contributed by atoms with Crippen LogP contribution < -0.4 is 5.43 Å². The maximum Gasteiger partial charge on any atom is 0.179 e. The number of pyridine rings is 1. The van der Waals surface area contributed by atoms with Crippen LogP contribution in [0.15, 0.2) is 58.5 Å². The highest BCUT2D eigenvalue weighted by molar-refractivity contribution is 7.91. The number of nitrogens with zero attached hydrogens (tertiary/aromatic N) is 2. The molecule has 1 aromatic heterocycles. The third kappa shape index (κ3) is 2.94. The van der Waals surface area contributed by atoms with Crippen molar-refractivity contribution in [2.75, 3.05) is 11.2 Å². The summed E-state index contributed by atoms with van der Waals surface area (Å²) in [5, 5.41) is 5.38. The van der Waals surface area contributed by atoms with E-state index in [9.17, 15) is 12.8 Å². The second-order valence-electron chi connectivity index (χ2n) is 6.22. The molecule has 0 spiro atoms. The van der Waals surface area contributed by atoms with Crippen molar-refractivity contribution in [2.24, 2.45) is 5.10 Å². The lowest BCUT2D eigenvalue weighted by atomic mass is 10.1. The standard InChI is InChI=1S/C19H16FN3O2S/c1-12-10-19(21-16-5-3-2-4-14(12)16)23-22-17-8-9-26(24,25)18-7-6-13(20)11-15(17)18/h2-7,10-11H,8-9H2,1H3,(H,21,23)/b22-17+. The lowest BCUT2D eigenvalue weighted by molar-refractivity contribution is 0.593. The predicted molar refractivity (Wildman–Crippen MR) is 99.7 cm³/mol. The second-order valence-corrected chi connectivity index (χ2v) is 8.30. The molecule has 2 aromatic carbocycles. The highest BCUT2D eigenvalue weighted by Gasteiger charge is 2.28. The summed E-state index contributed by atoms with van der Waals surface area (Å²) in [6, 6.07) is 13.3. The molecule has 0 bridgehead atoms. The Labute approximate surface area is 150 Å². The summed E-state index contributed by atoms with van der Waals surface area (Å²) in [6.07, 6.45) is 0.221. The molecule has 26 heavy (non-hydrogen) atoms. The van der Waals surface area contributed by atoms with E-state index >= 15 is 0 Å². The summed E-state index contributed by atoms with van der Waals surface area (Å²) in [6.45, 7) is 1.99.